The number of hydrogen-bond acceptors (Lipinski definition) is 10. The van der Waals surface area contributed by atoms with Gasteiger partial charge in [0, 0.05) is 25.8 Å². The minimum absolute atomic E-state index is 0.343. The van der Waals surface area contributed by atoms with Crippen molar-refractivity contribution in [3.05, 3.63) is 44.0 Å². The molecular weight excluding hydrogens is 370 g/mol. The Morgan fingerprint density at radius 2 is 1.67 bits per heavy atom. The van der Waals surface area contributed by atoms with Crippen LogP contribution in [0.3, 0.4) is 0 Å². The third kappa shape index (κ3) is 4.53. The molecule has 2 rings (SSSR count). The number of methoxy groups -OCH3 is 1. The van der Waals surface area contributed by atoms with Crippen molar-refractivity contribution in [2.24, 2.45) is 0 Å². The molecule has 0 bridgehead atoms. The van der Waals surface area contributed by atoms with E-state index in [4.69, 9.17) is 9.47 Å². The molecule has 13 heteroatoms. The Morgan fingerprint density at radius 3 is 2.15 bits per heavy atom. The highest BCUT2D eigenvalue weighted by atomic mass is 16.7. The molecular formula is C14H17N3O10. The largest absolute Gasteiger partial charge is 0.388 e. The van der Waals surface area contributed by atoms with E-state index >= 15 is 0 Å². The number of nitrogens with zero attached hydrogens (tertiary/aromatic N) is 2. The molecule has 0 aromatic heterocycles. The van der Waals surface area contributed by atoms with Gasteiger partial charge in [-0.15, -0.1) is 0 Å². The van der Waals surface area contributed by atoms with E-state index in [2.05, 4.69) is 5.32 Å². The van der Waals surface area contributed by atoms with E-state index < -0.39 is 57.8 Å². The number of aliphatic hydroxyl groups excluding tert-OH is 3. The third-order valence-electron chi connectivity index (χ3n) is 3.95. The maximum absolute atomic E-state index is 12.2. The first kappa shape index (κ1) is 20.6. The second kappa shape index (κ2) is 8.32. The van der Waals surface area contributed by atoms with E-state index in [9.17, 15) is 40.3 Å². The van der Waals surface area contributed by atoms with Gasteiger partial charge in [0.2, 0.25) is 0 Å². The molecule has 1 aliphatic rings. The van der Waals surface area contributed by atoms with Crippen molar-refractivity contribution in [3.8, 4) is 0 Å². The Kier molecular flexibility index (Phi) is 6.35. The van der Waals surface area contributed by atoms with Crippen LogP contribution in [-0.4, -0.2) is 75.4 Å². The fourth-order valence-corrected chi connectivity index (χ4v) is 2.51. The Morgan fingerprint density at radius 1 is 1.11 bits per heavy atom. The molecule has 27 heavy (non-hydrogen) atoms. The first-order valence-electron chi connectivity index (χ1n) is 7.60. The maximum atomic E-state index is 12.2. The van der Waals surface area contributed by atoms with Gasteiger partial charge in [0.15, 0.2) is 6.29 Å². The van der Waals surface area contributed by atoms with Crippen molar-refractivity contribution in [2.45, 2.75) is 30.7 Å². The minimum Gasteiger partial charge on any atom is -0.388 e. The lowest BCUT2D eigenvalue weighted by Crippen LogP contribution is -2.60. The number of nitro groups is 2. The SMILES string of the molecule is COC1O[C@H](CNC(=O)c2cc([N+](=O)[O-])cc([N+](=O)[O-])c2)[C@@H](O)C(O)[C@@H]1O. The molecule has 5 atom stereocenters. The Bertz CT molecular complexity index is 708. The monoisotopic (exact) mass is 387 g/mol. The van der Waals surface area contributed by atoms with Crippen LogP contribution >= 0.6 is 0 Å². The van der Waals surface area contributed by atoms with Gasteiger partial charge in [-0.25, -0.2) is 0 Å². The van der Waals surface area contributed by atoms with E-state index in [-0.39, 0.29) is 12.1 Å². The first-order valence-corrected chi connectivity index (χ1v) is 7.60. The number of nitro benzene ring substituents is 2. The summed E-state index contributed by atoms with van der Waals surface area (Å²) in [5, 5.41) is 53.4. The second-order valence-electron chi connectivity index (χ2n) is 5.71. The molecule has 1 aromatic carbocycles. The molecule has 1 aromatic rings. The van der Waals surface area contributed by atoms with Crippen molar-refractivity contribution in [1.29, 1.82) is 0 Å². The molecule has 1 aliphatic heterocycles. The van der Waals surface area contributed by atoms with E-state index in [1.54, 1.807) is 0 Å². The topological polar surface area (TPSA) is 195 Å². The summed E-state index contributed by atoms with van der Waals surface area (Å²) in [6.45, 7) is -0.361. The average molecular weight is 387 g/mol. The number of aliphatic hydroxyl groups is 3. The van der Waals surface area contributed by atoms with Crippen LogP contribution < -0.4 is 5.32 Å². The summed E-state index contributed by atoms with van der Waals surface area (Å²) in [7, 11) is 1.20. The molecule has 0 saturated carbocycles. The van der Waals surface area contributed by atoms with Gasteiger partial charge < -0.3 is 30.1 Å². The number of benzene rings is 1. The van der Waals surface area contributed by atoms with Crippen molar-refractivity contribution in [2.75, 3.05) is 13.7 Å². The average Bonchev–Trinajstić information content (AvgIpc) is 2.64. The number of carbonyl (C=O) groups is 1. The first-order chi connectivity index (χ1) is 12.6. The Labute approximate surface area is 151 Å². The number of hydrogen-bond donors (Lipinski definition) is 4. The van der Waals surface area contributed by atoms with Crippen LogP contribution in [-0.2, 0) is 9.47 Å². The molecule has 13 nitrogen and oxygen atoms in total. The summed E-state index contributed by atoms with van der Waals surface area (Å²) in [4.78, 5) is 32.2. The number of nitrogens with one attached hydrogen (secondary N) is 1. The normalized spacial score (nSPS) is 27.8. The molecule has 1 heterocycles. The van der Waals surface area contributed by atoms with Crippen LogP contribution in [0.25, 0.3) is 0 Å². The highest BCUT2D eigenvalue weighted by molar-refractivity contribution is 5.95. The van der Waals surface area contributed by atoms with Gasteiger partial charge in [0.25, 0.3) is 17.3 Å². The van der Waals surface area contributed by atoms with Crippen LogP contribution in [0.1, 0.15) is 10.4 Å². The lowest BCUT2D eigenvalue weighted by molar-refractivity contribution is -0.394. The molecule has 0 spiro atoms. The Hall–Kier alpha value is -2.71. The van der Waals surface area contributed by atoms with Crippen LogP contribution in [0, 0.1) is 20.2 Å². The van der Waals surface area contributed by atoms with Gasteiger partial charge in [-0.2, -0.15) is 0 Å². The summed E-state index contributed by atoms with van der Waals surface area (Å²) in [5.74, 6) is -0.896. The van der Waals surface area contributed by atoms with Gasteiger partial charge in [0.1, 0.15) is 24.4 Å². The van der Waals surface area contributed by atoms with Crippen LogP contribution in [0.5, 0.6) is 0 Å². The van der Waals surface area contributed by atoms with Gasteiger partial charge in [-0.05, 0) is 0 Å². The molecule has 0 aliphatic carbocycles. The van der Waals surface area contributed by atoms with E-state index in [0.717, 1.165) is 12.1 Å². The van der Waals surface area contributed by atoms with E-state index in [1.807, 2.05) is 0 Å². The molecule has 1 saturated heterocycles. The van der Waals surface area contributed by atoms with Crippen LogP contribution in [0.4, 0.5) is 11.4 Å². The molecule has 1 fully saturated rings. The van der Waals surface area contributed by atoms with Crippen LogP contribution in [0.15, 0.2) is 18.2 Å². The minimum atomic E-state index is -1.59. The van der Waals surface area contributed by atoms with Crippen molar-refractivity contribution in [3.63, 3.8) is 0 Å². The predicted octanol–water partition coefficient (Wildman–Crippen LogP) is -1.31. The number of rotatable bonds is 6. The lowest BCUT2D eigenvalue weighted by Gasteiger charge is -2.39. The molecule has 2 unspecified atom stereocenters. The number of amides is 1. The smallest absolute Gasteiger partial charge is 0.277 e. The lowest BCUT2D eigenvalue weighted by atomic mass is 9.99. The molecule has 1 amide bonds. The van der Waals surface area contributed by atoms with Crippen molar-refractivity contribution in [1.82, 2.24) is 5.32 Å². The number of carbonyl (C=O) groups excluding carboxylic acids is 1. The van der Waals surface area contributed by atoms with Crippen molar-refractivity contribution >= 4 is 17.3 Å². The van der Waals surface area contributed by atoms with Gasteiger partial charge in [-0.3, -0.25) is 25.0 Å². The highest BCUT2D eigenvalue weighted by Gasteiger charge is 2.43. The van der Waals surface area contributed by atoms with E-state index in [1.165, 1.54) is 7.11 Å². The summed E-state index contributed by atoms with van der Waals surface area (Å²) in [6, 6.07) is 2.43. The standard InChI is InChI=1S/C14H17N3O10/c1-26-14-12(20)11(19)10(18)9(27-14)5-15-13(21)6-2-7(16(22)23)4-8(3-6)17(24)25/h2-4,9-12,14,18-20H,5H2,1H3,(H,15,21)/t9-,10-,11?,12+,14?/m1/s1. The maximum Gasteiger partial charge on any atom is 0.277 e. The van der Waals surface area contributed by atoms with Gasteiger partial charge in [0.05, 0.1) is 21.5 Å². The second-order valence-corrected chi connectivity index (χ2v) is 5.71. The molecule has 148 valence electrons. The summed E-state index contributed by atoms with van der Waals surface area (Å²) < 4.78 is 10.0. The fourth-order valence-electron chi connectivity index (χ4n) is 2.51. The quantitative estimate of drug-likeness (QED) is 0.336. The zero-order valence-corrected chi connectivity index (χ0v) is 13.9. The highest BCUT2D eigenvalue weighted by Crippen LogP contribution is 2.24. The van der Waals surface area contributed by atoms with Crippen molar-refractivity contribution < 1.29 is 39.4 Å². The zero-order valence-electron chi connectivity index (χ0n) is 13.9. The third-order valence-corrected chi connectivity index (χ3v) is 3.95. The molecule has 4 N–H and O–H groups in total. The Balaban J connectivity index is 2.13. The summed E-state index contributed by atoms with van der Waals surface area (Å²) in [6.07, 6.45) is -7.05. The zero-order chi connectivity index (χ0) is 20.3. The van der Waals surface area contributed by atoms with Gasteiger partial charge in [-0.1, -0.05) is 0 Å². The predicted molar refractivity (Wildman–Crippen MR) is 85.8 cm³/mol. The number of ether oxygens (including phenoxy) is 2. The number of non-ortho nitro benzene ring substituents is 2. The van der Waals surface area contributed by atoms with Gasteiger partial charge >= 0.3 is 0 Å². The van der Waals surface area contributed by atoms with E-state index in [0.29, 0.717) is 6.07 Å². The summed E-state index contributed by atoms with van der Waals surface area (Å²) in [5.41, 5.74) is -1.62. The summed E-state index contributed by atoms with van der Waals surface area (Å²) >= 11 is 0. The van der Waals surface area contributed by atoms with Crippen LogP contribution in [0.2, 0.25) is 0 Å². The fraction of sp³-hybridized carbons (Fsp3) is 0.500. The molecule has 0 radical (unpaired) electrons.